The van der Waals surface area contributed by atoms with Gasteiger partial charge in [-0.25, -0.2) is 4.79 Å². The molecule has 1 aliphatic rings. The van der Waals surface area contributed by atoms with Gasteiger partial charge in [-0.1, -0.05) is 0 Å². The summed E-state index contributed by atoms with van der Waals surface area (Å²) >= 11 is 0. The normalized spacial score (nSPS) is 24.3. The second kappa shape index (κ2) is 5.19. The SMILES string of the molecule is CCOC(=O)C(C)OC1CCOC1. The summed E-state index contributed by atoms with van der Waals surface area (Å²) in [6.07, 6.45) is 0.440. The third-order valence-corrected chi connectivity index (χ3v) is 1.90. The molecule has 13 heavy (non-hydrogen) atoms. The van der Waals surface area contributed by atoms with Crippen molar-refractivity contribution in [2.75, 3.05) is 19.8 Å². The largest absolute Gasteiger partial charge is 0.464 e. The first-order valence-electron chi connectivity index (χ1n) is 4.64. The summed E-state index contributed by atoms with van der Waals surface area (Å²) in [6.45, 7) is 5.19. The first-order chi connectivity index (χ1) is 6.24. The molecule has 1 fully saturated rings. The van der Waals surface area contributed by atoms with E-state index in [0.29, 0.717) is 13.2 Å². The molecule has 2 atom stereocenters. The van der Waals surface area contributed by atoms with Crippen molar-refractivity contribution < 1.29 is 19.0 Å². The van der Waals surface area contributed by atoms with E-state index in [1.165, 1.54) is 0 Å². The van der Waals surface area contributed by atoms with Crippen LogP contribution < -0.4 is 0 Å². The first kappa shape index (κ1) is 10.5. The summed E-state index contributed by atoms with van der Waals surface area (Å²) < 4.78 is 15.4. The fraction of sp³-hybridized carbons (Fsp3) is 0.889. The minimum atomic E-state index is -0.480. The molecule has 4 nitrogen and oxygen atoms in total. The van der Waals surface area contributed by atoms with Gasteiger partial charge in [0.1, 0.15) is 0 Å². The van der Waals surface area contributed by atoms with Crippen LogP contribution in [-0.2, 0) is 19.0 Å². The van der Waals surface area contributed by atoms with Crippen molar-refractivity contribution in [1.29, 1.82) is 0 Å². The lowest BCUT2D eigenvalue weighted by atomic mass is 10.3. The molecule has 0 bridgehead atoms. The number of carbonyl (C=O) groups excluding carboxylic acids is 1. The number of ether oxygens (including phenoxy) is 3. The van der Waals surface area contributed by atoms with E-state index in [4.69, 9.17) is 14.2 Å². The Morgan fingerprint density at radius 1 is 1.69 bits per heavy atom. The van der Waals surface area contributed by atoms with Gasteiger partial charge in [0.15, 0.2) is 6.10 Å². The zero-order chi connectivity index (χ0) is 9.68. The molecule has 4 heteroatoms. The second-order valence-corrected chi connectivity index (χ2v) is 3.02. The van der Waals surface area contributed by atoms with E-state index in [2.05, 4.69) is 0 Å². The Balaban J connectivity index is 2.22. The summed E-state index contributed by atoms with van der Waals surface area (Å²) in [5, 5.41) is 0. The molecular weight excluding hydrogens is 172 g/mol. The molecule has 0 aromatic rings. The highest BCUT2D eigenvalue weighted by Gasteiger charge is 2.23. The van der Waals surface area contributed by atoms with E-state index in [0.717, 1.165) is 13.0 Å². The third kappa shape index (κ3) is 3.32. The summed E-state index contributed by atoms with van der Waals surface area (Å²) in [7, 11) is 0. The maximum Gasteiger partial charge on any atom is 0.334 e. The highest BCUT2D eigenvalue weighted by Crippen LogP contribution is 2.11. The van der Waals surface area contributed by atoms with Crippen LogP contribution in [0.1, 0.15) is 20.3 Å². The Hall–Kier alpha value is -0.610. The molecule has 0 aliphatic carbocycles. The van der Waals surface area contributed by atoms with Crippen LogP contribution in [-0.4, -0.2) is 38.0 Å². The summed E-state index contributed by atoms with van der Waals surface area (Å²) in [5.74, 6) is -0.297. The Morgan fingerprint density at radius 2 is 2.46 bits per heavy atom. The summed E-state index contributed by atoms with van der Waals surface area (Å²) in [5.41, 5.74) is 0. The number of rotatable bonds is 4. The monoisotopic (exact) mass is 188 g/mol. The van der Waals surface area contributed by atoms with Crippen molar-refractivity contribution in [2.45, 2.75) is 32.5 Å². The summed E-state index contributed by atoms with van der Waals surface area (Å²) in [4.78, 5) is 11.1. The average Bonchev–Trinajstić information content (AvgIpc) is 2.57. The van der Waals surface area contributed by atoms with Gasteiger partial charge in [-0.05, 0) is 20.3 Å². The van der Waals surface area contributed by atoms with Gasteiger partial charge in [-0.2, -0.15) is 0 Å². The van der Waals surface area contributed by atoms with Crippen molar-refractivity contribution >= 4 is 5.97 Å². The standard InChI is InChI=1S/C9H16O4/c1-3-12-9(10)7(2)13-8-4-5-11-6-8/h7-8H,3-6H2,1-2H3. The van der Waals surface area contributed by atoms with Gasteiger partial charge in [0, 0.05) is 6.61 Å². The van der Waals surface area contributed by atoms with Crippen LogP contribution in [0.2, 0.25) is 0 Å². The molecule has 76 valence electrons. The van der Waals surface area contributed by atoms with Crippen LogP contribution in [0.25, 0.3) is 0 Å². The second-order valence-electron chi connectivity index (χ2n) is 3.02. The fourth-order valence-electron chi connectivity index (χ4n) is 1.22. The van der Waals surface area contributed by atoms with Gasteiger partial charge >= 0.3 is 5.97 Å². The molecule has 0 N–H and O–H groups in total. The van der Waals surface area contributed by atoms with Crippen molar-refractivity contribution in [2.24, 2.45) is 0 Å². The van der Waals surface area contributed by atoms with Crippen molar-refractivity contribution in [1.82, 2.24) is 0 Å². The lowest BCUT2D eigenvalue weighted by Crippen LogP contribution is -2.28. The average molecular weight is 188 g/mol. The van der Waals surface area contributed by atoms with Gasteiger partial charge < -0.3 is 14.2 Å². The lowest BCUT2D eigenvalue weighted by molar-refractivity contribution is -0.159. The quantitative estimate of drug-likeness (QED) is 0.610. The molecule has 1 saturated heterocycles. The van der Waals surface area contributed by atoms with Crippen LogP contribution in [0.3, 0.4) is 0 Å². The van der Waals surface area contributed by atoms with E-state index in [9.17, 15) is 4.79 Å². The van der Waals surface area contributed by atoms with E-state index < -0.39 is 6.10 Å². The van der Waals surface area contributed by atoms with E-state index in [1.54, 1.807) is 13.8 Å². The van der Waals surface area contributed by atoms with Gasteiger partial charge in [0.25, 0.3) is 0 Å². The van der Waals surface area contributed by atoms with Crippen LogP contribution in [0, 0.1) is 0 Å². The van der Waals surface area contributed by atoms with Crippen LogP contribution in [0.5, 0.6) is 0 Å². The zero-order valence-electron chi connectivity index (χ0n) is 8.12. The zero-order valence-corrected chi connectivity index (χ0v) is 8.12. The molecular formula is C9H16O4. The molecule has 1 heterocycles. The minimum absolute atomic E-state index is 0.0550. The van der Waals surface area contributed by atoms with Crippen molar-refractivity contribution in [3.8, 4) is 0 Å². The molecule has 0 aromatic carbocycles. The predicted octanol–water partition coefficient (Wildman–Crippen LogP) is 0.744. The number of esters is 1. The molecule has 0 spiro atoms. The number of carbonyl (C=O) groups is 1. The number of hydrogen-bond acceptors (Lipinski definition) is 4. The molecule has 0 saturated carbocycles. The highest BCUT2D eigenvalue weighted by molar-refractivity contribution is 5.74. The maximum atomic E-state index is 11.1. The smallest absolute Gasteiger partial charge is 0.334 e. The Morgan fingerprint density at radius 3 is 3.00 bits per heavy atom. The fourth-order valence-corrected chi connectivity index (χ4v) is 1.22. The Labute approximate surface area is 78.2 Å². The summed E-state index contributed by atoms with van der Waals surface area (Å²) in [6, 6.07) is 0. The maximum absolute atomic E-state index is 11.1. The van der Waals surface area contributed by atoms with E-state index >= 15 is 0 Å². The third-order valence-electron chi connectivity index (χ3n) is 1.90. The molecule has 0 radical (unpaired) electrons. The molecule has 1 aliphatic heterocycles. The van der Waals surface area contributed by atoms with Crippen molar-refractivity contribution in [3.63, 3.8) is 0 Å². The van der Waals surface area contributed by atoms with Gasteiger partial charge in [-0.15, -0.1) is 0 Å². The predicted molar refractivity (Wildman–Crippen MR) is 46.4 cm³/mol. The van der Waals surface area contributed by atoms with Gasteiger partial charge in [0.2, 0.25) is 0 Å². The molecule has 2 unspecified atom stereocenters. The topological polar surface area (TPSA) is 44.8 Å². The van der Waals surface area contributed by atoms with E-state index in [1.807, 2.05) is 0 Å². The highest BCUT2D eigenvalue weighted by atomic mass is 16.6. The molecule has 1 rings (SSSR count). The van der Waals surface area contributed by atoms with Crippen LogP contribution >= 0.6 is 0 Å². The van der Waals surface area contributed by atoms with Crippen LogP contribution in [0.15, 0.2) is 0 Å². The van der Waals surface area contributed by atoms with Gasteiger partial charge in [0.05, 0.1) is 19.3 Å². The lowest BCUT2D eigenvalue weighted by Gasteiger charge is -2.15. The van der Waals surface area contributed by atoms with Crippen LogP contribution in [0.4, 0.5) is 0 Å². The van der Waals surface area contributed by atoms with Gasteiger partial charge in [-0.3, -0.25) is 0 Å². The van der Waals surface area contributed by atoms with Crippen molar-refractivity contribution in [3.05, 3.63) is 0 Å². The van der Waals surface area contributed by atoms with E-state index in [-0.39, 0.29) is 12.1 Å². The Bertz CT molecular complexity index is 163. The molecule has 0 aromatic heterocycles. The Kier molecular flexibility index (Phi) is 4.18. The first-order valence-corrected chi connectivity index (χ1v) is 4.64. The minimum Gasteiger partial charge on any atom is -0.464 e. The molecule has 0 amide bonds. The number of hydrogen-bond donors (Lipinski definition) is 0.